The summed E-state index contributed by atoms with van der Waals surface area (Å²) >= 11 is 0. The van der Waals surface area contributed by atoms with E-state index in [-0.39, 0.29) is 5.91 Å². The van der Waals surface area contributed by atoms with Crippen LogP contribution in [0.3, 0.4) is 0 Å². The summed E-state index contributed by atoms with van der Waals surface area (Å²) in [5.41, 5.74) is -0.298. The summed E-state index contributed by atoms with van der Waals surface area (Å²) in [4.78, 5) is 38.1. The highest BCUT2D eigenvalue weighted by Gasteiger charge is 2.39. The minimum Gasteiger partial charge on any atom is -0.465 e. The Kier molecular flexibility index (Phi) is 5.56. The van der Waals surface area contributed by atoms with E-state index >= 15 is 0 Å². The molecule has 1 heterocycles. The van der Waals surface area contributed by atoms with Crippen LogP contribution in [0, 0.1) is 5.41 Å². The van der Waals surface area contributed by atoms with Crippen molar-refractivity contribution in [3.63, 3.8) is 0 Å². The Morgan fingerprint density at radius 3 is 2.25 bits per heavy atom. The van der Waals surface area contributed by atoms with Crippen molar-refractivity contribution < 1.29 is 23.9 Å². The highest BCUT2D eigenvalue weighted by molar-refractivity contribution is 6.10. The molecule has 0 aliphatic carbocycles. The number of anilines is 1. The van der Waals surface area contributed by atoms with Crippen LogP contribution in [0.2, 0.25) is 0 Å². The first-order valence-corrected chi connectivity index (χ1v) is 7.73. The van der Waals surface area contributed by atoms with E-state index in [1.165, 1.54) is 7.11 Å². The van der Waals surface area contributed by atoms with Crippen molar-refractivity contribution in [2.24, 2.45) is 5.41 Å². The summed E-state index contributed by atoms with van der Waals surface area (Å²) in [6, 6.07) is 6.30. The van der Waals surface area contributed by atoms with Crippen LogP contribution < -0.4 is 5.32 Å². The minimum absolute atomic E-state index is 0.227. The van der Waals surface area contributed by atoms with Crippen molar-refractivity contribution in [2.45, 2.75) is 13.8 Å². The van der Waals surface area contributed by atoms with Crippen LogP contribution in [-0.2, 0) is 19.1 Å². The average molecular weight is 334 g/mol. The van der Waals surface area contributed by atoms with E-state index in [0.29, 0.717) is 37.6 Å². The van der Waals surface area contributed by atoms with Crippen LogP contribution in [0.25, 0.3) is 0 Å². The van der Waals surface area contributed by atoms with E-state index in [9.17, 15) is 14.4 Å². The quantitative estimate of drug-likeness (QED) is 0.663. The molecule has 1 aromatic rings. The minimum atomic E-state index is -1.20. The van der Waals surface area contributed by atoms with Gasteiger partial charge in [-0.15, -0.1) is 0 Å². The largest absolute Gasteiger partial charge is 0.465 e. The number of carbonyl (C=O) groups excluding carboxylic acids is 3. The Hall–Kier alpha value is -2.41. The number of nitrogens with zero attached hydrogens (tertiary/aromatic N) is 1. The summed E-state index contributed by atoms with van der Waals surface area (Å²) < 4.78 is 9.85. The van der Waals surface area contributed by atoms with Crippen molar-refractivity contribution in [2.75, 3.05) is 38.7 Å². The Bertz CT molecular complexity index is 618. The van der Waals surface area contributed by atoms with Crippen LogP contribution in [0.1, 0.15) is 24.2 Å². The summed E-state index contributed by atoms with van der Waals surface area (Å²) in [6.07, 6.45) is 0. The molecule has 0 radical (unpaired) electrons. The molecular formula is C17H22N2O5. The summed E-state index contributed by atoms with van der Waals surface area (Å²) in [5.74, 6) is -1.07. The van der Waals surface area contributed by atoms with E-state index in [2.05, 4.69) is 10.1 Å². The first-order valence-electron chi connectivity index (χ1n) is 7.73. The molecule has 1 aliphatic heterocycles. The number of esters is 1. The summed E-state index contributed by atoms with van der Waals surface area (Å²) in [5, 5.41) is 2.72. The van der Waals surface area contributed by atoms with Crippen LogP contribution >= 0.6 is 0 Å². The lowest BCUT2D eigenvalue weighted by Crippen LogP contribution is -2.51. The van der Waals surface area contributed by atoms with Crippen molar-refractivity contribution in [3.8, 4) is 0 Å². The Balaban J connectivity index is 2.04. The molecule has 0 bridgehead atoms. The molecule has 1 fully saturated rings. The number of carbonyl (C=O) groups is 3. The molecule has 7 nitrogen and oxygen atoms in total. The number of methoxy groups -OCH3 is 1. The molecule has 24 heavy (non-hydrogen) atoms. The molecule has 0 aromatic heterocycles. The third-order valence-corrected chi connectivity index (χ3v) is 3.96. The zero-order valence-corrected chi connectivity index (χ0v) is 14.1. The van der Waals surface area contributed by atoms with E-state index in [1.54, 1.807) is 43.0 Å². The maximum Gasteiger partial charge on any atom is 0.337 e. The predicted octanol–water partition coefficient (Wildman–Crippen LogP) is 1.30. The van der Waals surface area contributed by atoms with Crippen molar-refractivity contribution in [1.82, 2.24) is 4.90 Å². The predicted molar refractivity (Wildman–Crippen MR) is 87.6 cm³/mol. The molecule has 0 spiro atoms. The van der Waals surface area contributed by atoms with E-state index < -0.39 is 17.3 Å². The number of hydrogen-bond donors (Lipinski definition) is 1. The average Bonchev–Trinajstić information content (AvgIpc) is 2.61. The van der Waals surface area contributed by atoms with E-state index in [1.807, 2.05) is 0 Å². The highest BCUT2D eigenvalue weighted by atomic mass is 16.5. The van der Waals surface area contributed by atoms with Gasteiger partial charge in [0.2, 0.25) is 11.8 Å². The molecule has 1 N–H and O–H groups in total. The molecule has 2 amide bonds. The molecule has 1 saturated heterocycles. The van der Waals surface area contributed by atoms with Gasteiger partial charge in [0.1, 0.15) is 5.41 Å². The number of rotatable bonds is 4. The van der Waals surface area contributed by atoms with Gasteiger partial charge >= 0.3 is 5.97 Å². The Labute approximate surface area is 140 Å². The molecule has 7 heteroatoms. The third kappa shape index (κ3) is 3.91. The molecular weight excluding hydrogens is 312 g/mol. The fourth-order valence-electron chi connectivity index (χ4n) is 2.35. The number of amides is 2. The van der Waals surface area contributed by atoms with E-state index in [0.717, 1.165) is 0 Å². The van der Waals surface area contributed by atoms with Crippen LogP contribution in [0.15, 0.2) is 24.3 Å². The van der Waals surface area contributed by atoms with Gasteiger partial charge < -0.3 is 19.7 Å². The van der Waals surface area contributed by atoms with Gasteiger partial charge in [-0.3, -0.25) is 9.59 Å². The lowest BCUT2D eigenvalue weighted by Gasteiger charge is -2.33. The SMILES string of the molecule is COC(=O)c1ccc(NC(=O)C(C)(C)C(=O)N2CCOCC2)cc1. The Morgan fingerprint density at radius 1 is 1.12 bits per heavy atom. The maximum absolute atomic E-state index is 12.6. The number of hydrogen-bond acceptors (Lipinski definition) is 5. The Morgan fingerprint density at radius 2 is 1.71 bits per heavy atom. The second-order valence-corrected chi connectivity index (χ2v) is 6.05. The molecule has 130 valence electrons. The van der Waals surface area contributed by atoms with Crippen LogP contribution in [0.4, 0.5) is 5.69 Å². The van der Waals surface area contributed by atoms with Gasteiger partial charge in [0.25, 0.3) is 0 Å². The lowest BCUT2D eigenvalue weighted by molar-refractivity contribution is -0.149. The highest BCUT2D eigenvalue weighted by Crippen LogP contribution is 2.23. The van der Waals surface area contributed by atoms with Gasteiger partial charge in [0.15, 0.2) is 0 Å². The second-order valence-electron chi connectivity index (χ2n) is 6.05. The van der Waals surface area contributed by atoms with Crippen molar-refractivity contribution in [1.29, 1.82) is 0 Å². The summed E-state index contributed by atoms with van der Waals surface area (Å²) in [6.45, 7) is 5.15. The first kappa shape index (κ1) is 17.9. The van der Waals surface area contributed by atoms with E-state index in [4.69, 9.17) is 4.74 Å². The monoisotopic (exact) mass is 334 g/mol. The standard InChI is InChI=1S/C17H22N2O5/c1-17(2,16(22)19-8-10-24-11-9-19)15(21)18-13-6-4-12(5-7-13)14(20)23-3/h4-7H,8-11H2,1-3H3,(H,18,21). The van der Waals surface area contributed by atoms with Crippen molar-refractivity contribution in [3.05, 3.63) is 29.8 Å². The number of morpholine rings is 1. The van der Waals surface area contributed by atoms with Gasteiger partial charge in [-0.2, -0.15) is 0 Å². The van der Waals surface area contributed by atoms with Gasteiger partial charge in [-0.25, -0.2) is 4.79 Å². The number of ether oxygens (including phenoxy) is 2. The fraction of sp³-hybridized carbons (Fsp3) is 0.471. The lowest BCUT2D eigenvalue weighted by atomic mass is 9.90. The topological polar surface area (TPSA) is 84.9 Å². The molecule has 2 rings (SSSR count). The molecule has 0 saturated carbocycles. The van der Waals surface area contributed by atoms with Crippen LogP contribution in [-0.4, -0.2) is 56.1 Å². The number of nitrogens with one attached hydrogen (secondary N) is 1. The van der Waals surface area contributed by atoms with Crippen molar-refractivity contribution >= 4 is 23.5 Å². The number of benzene rings is 1. The van der Waals surface area contributed by atoms with Gasteiger partial charge in [-0.1, -0.05) is 0 Å². The first-order chi connectivity index (χ1) is 11.4. The molecule has 1 aliphatic rings. The smallest absolute Gasteiger partial charge is 0.337 e. The molecule has 1 aromatic carbocycles. The molecule has 0 unspecified atom stereocenters. The van der Waals surface area contributed by atoms with Gasteiger partial charge in [0, 0.05) is 18.8 Å². The van der Waals surface area contributed by atoms with Gasteiger partial charge in [0.05, 0.1) is 25.9 Å². The summed E-state index contributed by atoms with van der Waals surface area (Å²) in [7, 11) is 1.30. The fourth-order valence-corrected chi connectivity index (χ4v) is 2.35. The van der Waals surface area contributed by atoms with Gasteiger partial charge in [-0.05, 0) is 38.1 Å². The zero-order chi connectivity index (χ0) is 17.7. The van der Waals surface area contributed by atoms with Crippen LogP contribution in [0.5, 0.6) is 0 Å². The molecule has 0 atom stereocenters. The third-order valence-electron chi connectivity index (χ3n) is 3.96. The normalized spacial score (nSPS) is 14.9. The second kappa shape index (κ2) is 7.44. The maximum atomic E-state index is 12.6. The zero-order valence-electron chi connectivity index (χ0n) is 14.1.